The van der Waals surface area contributed by atoms with E-state index < -0.39 is 23.2 Å². The molecule has 0 bridgehead atoms. The number of nitrogens with one attached hydrogen (secondary N) is 1. The topological polar surface area (TPSA) is 90.9 Å². The first-order valence-corrected chi connectivity index (χ1v) is 7.95. The lowest BCUT2D eigenvalue weighted by atomic mass is 9.87. The molecule has 1 unspecified atom stereocenters. The third-order valence-electron chi connectivity index (χ3n) is 3.30. The van der Waals surface area contributed by atoms with Crippen molar-refractivity contribution in [2.24, 2.45) is 0 Å². The maximum Gasteiger partial charge on any atom is 0.408 e. The number of hydrogen-bond acceptors (Lipinski definition) is 6. The van der Waals surface area contributed by atoms with Gasteiger partial charge in [0.15, 0.2) is 5.54 Å². The summed E-state index contributed by atoms with van der Waals surface area (Å²) in [5.41, 5.74) is -2.05. The van der Waals surface area contributed by atoms with E-state index >= 15 is 0 Å². The molecule has 1 rings (SSSR count). The van der Waals surface area contributed by atoms with Crippen molar-refractivity contribution >= 4 is 18.3 Å². The maximum atomic E-state index is 12.5. The summed E-state index contributed by atoms with van der Waals surface area (Å²) in [5, 5.41) is 2.50. The Bertz CT molecular complexity index is 605. The Labute approximate surface area is 147 Å². The van der Waals surface area contributed by atoms with E-state index in [0.29, 0.717) is 24.2 Å². The quantitative estimate of drug-likeness (QED) is 0.600. The molecule has 0 saturated carbocycles. The Morgan fingerprint density at radius 1 is 1.16 bits per heavy atom. The molecule has 7 nitrogen and oxygen atoms in total. The minimum atomic E-state index is -1.68. The zero-order chi connectivity index (χ0) is 19.1. The van der Waals surface area contributed by atoms with Gasteiger partial charge < -0.3 is 24.3 Å². The molecular formula is C18H25NO6. The van der Waals surface area contributed by atoms with Crippen molar-refractivity contribution in [1.82, 2.24) is 5.32 Å². The normalized spacial score (nSPS) is 13.3. The predicted molar refractivity (Wildman–Crippen MR) is 91.4 cm³/mol. The van der Waals surface area contributed by atoms with Gasteiger partial charge in [0.1, 0.15) is 17.6 Å². The van der Waals surface area contributed by atoms with E-state index in [2.05, 4.69) is 5.32 Å². The lowest BCUT2D eigenvalue weighted by Crippen LogP contribution is -2.53. The first kappa shape index (κ1) is 20.5. The smallest absolute Gasteiger partial charge is 0.408 e. The number of hydrogen-bond donors (Lipinski definition) is 1. The summed E-state index contributed by atoms with van der Waals surface area (Å²) < 4.78 is 15.4. The van der Waals surface area contributed by atoms with E-state index in [1.165, 1.54) is 7.11 Å². The van der Waals surface area contributed by atoms with Crippen molar-refractivity contribution in [3.8, 4) is 5.75 Å². The van der Waals surface area contributed by atoms with Crippen LogP contribution in [0.3, 0.4) is 0 Å². The highest BCUT2D eigenvalue weighted by Crippen LogP contribution is 2.28. The number of carbonyl (C=O) groups is 3. The van der Waals surface area contributed by atoms with E-state index in [-0.39, 0.29) is 6.42 Å². The number of rotatable bonds is 7. The largest absolute Gasteiger partial charge is 0.494 e. The van der Waals surface area contributed by atoms with Crippen LogP contribution in [0, 0.1) is 0 Å². The van der Waals surface area contributed by atoms with Gasteiger partial charge in [-0.1, -0.05) is 12.1 Å². The molecular weight excluding hydrogens is 326 g/mol. The molecule has 0 aliphatic heterocycles. The molecule has 1 aromatic carbocycles. The van der Waals surface area contributed by atoms with Crippen LogP contribution in [0.2, 0.25) is 0 Å². The number of amides is 1. The van der Waals surface area contributed by atoms with Crippen LogP contribution >= 0.6 is 0 Å². The molecule has 1 N–H and O–H groups in total. The van der Waals surface area contributed by atoms with Crippen LogP contribution in [-0.2, 0) is 24.6 Å². The number of esters is 1. The molecule has 0 heterocycles. The molecule has 0 saturated heterocycles. The number of alkyl carbamates (subject to hydrolysis) is 1. The van der Waals surface area contributed by atoms with Crippen LogP contribution in [0.1, 0.15) is 39.7 Å². The van der Waals surface area contributed by atoms with Crippen molar-refractivity contribution in [3.63, 3.8) is 0 Å². The summed E-state index contributed by atoms with van der Waals surface area (Å²) >= 11 is 0. The minimum Gasteiger partial charge on any atom is -0.494 e. The van der Waals surface area contributed by atoms with Gasteiger partial charge in [0.2, 0.25) is 0 Å². The summed E-state index contributed by atoms with van der Waals surface area (Å²) in [6.45, 7) is 7.43. The van der Waals surface area contributed by atoms with E-state index in [9.17, 15) is 14.4 Å². The van der Waals surface area contributed by atoms with Crippen molar-refractivity contribution in [2.45, 2.75) is 45.3 Å². The summed E-state index contributed by atoms with van der Waals surface area (Å²) in [6.07, 6.45) is -0.578. The Kier molecular flexibility index (Phi) is 6.97. The van der Waals surface area contributed by atoms with Gasteiger partial charge in [-0.2, -0.15) is 0 Å². The standard InChI is InChI=1S/C18H25NO6/c1-6-24-14-9-7-13(8-10-14)18(11-12-20,15(21)23-5)19-16(22)25-17(2,3)4/h7-10,12H,6,11H2,1-5H3,(H,19,22). The van der Waals surface area contributed by atoms with Gasteiger partial charge >= 0.3 is 12.1 Å². The molecule has 0 aliphatic carbocycles. The first-order chi connectivity index (χ1) is 11.7. The monoisotopic (exact) mass is 351 g/mol. The Morgan fingerprint density at radius 2 is 1.76 bits per heavy atom. The van der Waals surface area contributed by atoms with Crippen LogP contribution < -0.4 is 10.1 Å². The van der Waals surface area contributed by atoms with E-state index in [1.807, 2.05) is 6.92 Å². The van der Waals surface area contributed by atoms with Crippen LogP contribution in [0.25, 0.3) is 0 Å². The predicted octanol–water partition coefficient (Wildman–Crippen LogP) is 2.57. The van der Waals surface area contributed by atoms with E-state index in [0.717, 1.165) is 0 Å². The second kappa shape index (κ2) is 8.50. The molecule has 0 aromatic heterocycles. The first-order valence-electron chi connectivity index (χ1n) is 7.95. The molecule has 0 spiro atoms. The van der Waals surface area contributed by atoms with Crippen LogP contribution in [0.5, 0.6) is 5.75 Å². The average molecular weight is 351 g/mol. The molecule has 25 heavy (non-hydrogen) atoms. The van der Waals surface area contributed by atoms with E-state index in [4.69, 9.17) is 14.2 Å². The van der Waals surface area contributed by atoms with Gasteiger partial charge in [-0.05, 0) is 45.4 Å². The fraction of sp³-hybridized carbons (Fsp3) is 0.500. The highest BCUT2D eigenvalue weighted by molar-refractivity contribution is 5.89. The zero-order valence-electron chi connectivity index (χ0n) is 15.3. The maximum absolute atomic E-state index is 12.5. The summed E-state index contributed by atoms with van der Waals surface area (Å²) in [4.78, 5) is 35.9. The molecule has 0 aliphatic rings. The van der Waals surface area contributed by atoms with Crippen LogP contribution in [0.15, 0.2) is 24.3 Å². The van der Waals surface area contributed by atoms with Gasteiger partial charge in [0, 0.05) is 6.42 Å². The second-order valence-electron chi connectivity index (χ2n) is 6.35. The highest BCUT2D eigenvalue weighted by Gasteiger charge is 2.44. The number of ether oxygens (including phenoxy) is 3. The lowest BCUT2D eigenvalue weighted by Gasteiger charge is -2.32. The fourth-order valence-electron chi connectivity index (χ4n) is 2.27. The van der Waals surface area contributed by atoms with Crippen molar-refractivity contribution in [3.05, 3.63) is 29.8 Å². The third kappa shape index (κ3) is 5.48. The summed E-state index contributed by atoms with van der Waals surface area (Å²) in [7, 11) is 1.19. The molecule has 0 radical (unpaired) electrons. The highest BCUT2D eigenvalue weighted by atomic mass is 16.6. The van der Waals surface area contributed by atoms with Gasteiger partial charge in [-0.3, -0.25) is 0 Å². The van der Waals surface area contributed by atoms with Gasteiger partial charge in [-0.25, -0.2) is 9.59 Å². The molecule has 1 amide bonds. The molecule has 7 heteroatoms. The van der Waals surface area contributed by atoms with Gasteiger partial charge in [-0.15, -0.1) is 0 Å². The van der Waals surface area contributed by atoms with Crippen LogP contribution in [0.4, 0.5) is 4.79 Å². The summed E-state index contributed by atoms with van der Waals surface area (Å²) in [6, 6.07) is 6.50. The van der Waals surface area contributed by atoms with Gasteiger partial charge in [0.25, 0.3) is 0 Å². The number of benzene rings is 1. The minimum absolute atomic E-state index is 0.299. The Hall–Kier alpha value is -2.57. The third-order valence-corrected chi connectivity index (χ3v) is 3.30. The number of methoxy groups -OCH3 is 1. The van der Waals surface area contributed by atoms with Crippen molar-refractivity contribution in [2.75, 3.05) is 13.7 Å². The Balaban J connectivity index is 3.27. The average Bonchev–Trinajstić information content (AvgIpc) is 2.52. The Morgan fingerprint density at radius 3 is 2.20 bits per heavy atom. The van der Waals surface area contributed by atoms with Crippen molar-refractivity contribution in [1.29, 1.82) is 0 Å². The van der Waals surface area contributed by atoms with Crippen molar-refractivity contribution < 1.29 is 28.6 Å². The fourth-order valence-corrected chi connectivity index (χ4v) is 2.27. The molecule has 1 aromatic rings. The molecule has 138 valence electrons. The van der Waals surface area contributed by atoms with Gasteiger partial charge in [0.05, 0.1) is 13.7 Å². The second-order valence-corrected chi connectivity index (χ2v) is 6.35. The lowest BCUT2D eigenvalue weighted by molar-refractivity contribution is -0.150. The number of carbonyl (C=O) groups excluding carboxylic acids is 3. The van der Waals surface area contributed by atoms with E-state index in [1.54, 1.807) is 45.0 Å². The zero-order valence-corrected chi connectivity index (χ0v) is 15.3. The van der Waals surface area contributed by atoms with Crippen LogP contribution in [-0.4, -0.2) is 37.7 Å². The summed E-state index contributed by atoms with van der Waals surface area (Å²) in [5.74, 6) is -0.164. The SMILES string of the molecule is CCOc1ccc(C(CC=O)(NC(=O)OC(C)(C)C)C(=O)OC)cc1. The molecule has 0 fully saturated rings. The molecule has 1 atom stereocenters. The number of aldehydes is 1.